The number of thioether (sulfide) groups is 1. The van der Waals surface area contributed by atoms with Gasteiger partial charge in [-0.3, -0.25) is 9.69 Å². The van der Waals surface area contributed by atoms with Gasteiger partial charge in [-0.05, 0) is 40.0 Å². The quantitative estimate of drug-likeness (QED) is 0.657. The summed E-state index contributed by atoms with van der Waals surface area (Å²) in [6.07, 6.45) is 2.46. The van der Waals surface area contributed by atoms with Gasteiger partial charge in [0, 0.05) is 18.7 Å². The van der Waals surface area contributed by atoms with Gasteiger partial charge >= 0.3 is 12.1 Å². The van der Waals surface area contributed by atoms with Gasteiger partial charge in [-0.25, -0.2) is 9.59 Å². The van der Waals surface area contributed by atoms with Crippen LogP contribution < -0.4 is 0 Å². The molecule has 2 amide bonds. The van der Waals surface area contributed by atoms with Gasteiger partial charge in [-0.2, -0.15) is 0 Å². The summed E-state index contributed by atoms with van der Waals surface area (Å²) in [7, 11) is 1.34. The van der Waals surface area contributed by atoms with E-state index in [1.807, 2.05) is 20.8 Å². The van der Waals surface area contributed by atoms with E-state index in [9.17, 15) is 14.4 Å². The SMILES string of the molecule is COC(=O)[C@H]1CS[C@H]2C[C@@]3(CCCCN3C(=O)OC(C)(C)C)C(=O)N21. The van der Waals surface area contributed by atoms with E-state index >= 15 is 0 Å². The summed E-state index contributed by atoms with van der Waals surface area (Å²) in [5, 5.41) is -0.0837. The Bertz CT molecular complexity index is 590. The van der Waals surface area contributed by atoms with Gasteiger partial charge in [0.2, 0.25) is 5.91 Å². The Hall–Kier alpha value is -1.44. The maximum Gasteiger partial charge on any atom is 0.411 e. The lowest BCUT2D eigenvalue weighted by Crippen LogP contribution is -2.60. The van der Waals surface area contributed by atoms with Gasteiger partial charge in [0.1, 0.15) is 17.2 Å². The summed E-state index contributed by atoms with van der Waals surface area (Å²) in [6, 6.07) is -0.561. The minimum atomic E-state index is -0.884. The van der Waals surface area contributed by atoms with Gasteiger partial charge in [-0.1, -0.05) is 0 Å². The van der Waals surface area contributed by atoms with Crippen molar-refractivity contribution in [1.29, 1.82) is 0 Å². The summed E-state index contributed by atoms with van der Waals surface area (Å²) < 4.78 is 10.4. The first kappa shape index (κ1) is 18.4. The van der Waals surface area contributed by atoms with E-state index < -0.39 is 23.3 Å². The second-order valence-corrected chi connectivity index (χ2v) is 9.07. The maximum atomic E-state index is 13.3. The molecule has 3 atom stereocenters. The lowest BCUT2D eigenvalue weighted by atomic mass is 9.85. The maximum absolute atomic E-state index is 13.3. The highest BCUT2D eigenvalue weighted by Gasteiger charge is 2.62. The van der Waals surface area contributed by atoms with Crippen LogP contribution in [0, 0.1) is 0 Å². The first-order chi connectivity index (χ1) is 11.7. The molecule has 8 heteroatoms. The van der Waals surface area contributed by atoms with E-state index in [2.05, 4.69) is 0 Å². The van der Waals surface area contributed by atoms with Gasteiger partial charge < -0.3 is 14.4 Å². The molecule has 25 heavy (non-hydrogen) atoms. The highest BCUT2D eigenvalue weighted by Crippen LogP contribution is 2.48. The smallest absolute Gasteiger partial charge is 0.411 e. The number of esters is 1. The predicted molar refractivity (Wildman–Crippen MR) is 93.0 cm³/mol. The third-order valence-corrected chi connectivity index (χ3v) is 6.35. The fourth-order valence-electron chi connectivity index (χ4n) is 3.98. The molecule has 3 aliphatic rings. The Morgan fingerprint density at radius 3 is 2.64 bits per heavy atom. The lowest BCUT2D eigenvalue weighted by molar-refractivity contribution is -0.153. The Balaban J connectivity index is 1.88. The number of hydrogen-bond acceptors (Lipinski definition) is 6. The van der Waals surface area contributed by atoms with E-state index in [-0.39, 0.29) is 17.3 Å². The zero-order valence-corrected chi connectivity index (χ0v) is 16.1. The minimum absolute atomic E-state index is 0.0837. The van der Waals surface area contributed by atoms with Crippen molar-refractivity contribution < 1.29 is 23.9 Å². The van der Waals surface area contributed by atoms with Crippen molar-refractivity contribution in [1.82, 2.24) is 9.80 Å². The van der Waals surface area contributed by atoms with Crippen LogP contribution in [0.25, 0.3) is 0 Å². The van der Waals surface area contributed by atoms with E-state index in [4.69, 9.17) is 9.47 Å². The number of piperidine rings is 1. The predicted octanol–water partition coefficient (Wildman–Crippen LogP) is 1.99. The third kappa shape index (κ3) is 3.09. The van der Waals surface area contributed by atoms with E-state index in [0.29, 0.717) is 25.1 Å². The van der Waals surface area contributed by atoms with Crippen LogP contribution in [0.3, 0.4) is 0 Å². The van der Waals surface area contributed by atoms with E-state index in [0.717, 1.165) is 12.8 Å². The Labute approximate surface area is 152 Å². The first-order valence-electron chi connectivity index (χ1n) is 8.72. The van der Waals surface area contributed by atoms with Crippen LogP contribution in [0.2, 0.25) is 0 Å². The van der Waals surface area contributed by atoms with Crippen molar-refractivity contribution in [3.8, 4) is 0 Å². The molecular formula is C17H26N2O5S. The lowest BCUT2D eigenvalue weighted by Gasteiger charge is -2.43. The minimum Gasteiger partial charge on any atom is -0.467 e. The summed E-state index contributed by atoms with van der Waals surface area (Å²) in [5.74, 6) is 0.0227. The van der Waals surface area contributed by atoms with Crippen LogP contribution in [-0.2, 0) is 19.1 Å². The first-order valence-corrected chi connectivity index (χ1v) is 9.77. The Morgan fingerprint density at radius 1 is 1.28 bits per heavy atom. The van der Waals surface area contributed by atoms with Gasteiger partial charge in [0.05, 0.1) is 12.5 Å². The molecule has 0 radical (unpaired) electrons. The van der Waals surface area contributed by atoms with E-state index in [1.54, 1.807) is 21.6 Å². The largest absolute Gasteiger partial charge is 0.467 e. The number of amides is 2. The number of nitrogens with zero attached hydrogens (tertiary/aromatic N) is 2. The average Bonchev–Trinajstić information content (AvgIpc) is 3.05. The van der Waals surface area contributed by atoms with E-state index in [1.165, 1.54) is 7.11 Å². The molecule has 0 bridgehead atoms. The Kier molecular flexibility index (Phi) is 4.68. The second-order valence-electron chi connectivity index (χ2n) is 7.86. The molecule has 140 valence electrons. The number of fused-ring (bicyclic) bond motifs is 1. The summed E-state index contributed by atoms with van der Waals surface area (Å²) in [5.41, 5.74) is -1.50. The molecule has 3 fully saturated rings. The van der Waals surface area contributed by atoms with Crippen LogP contribution in [0.15, 0.2) is 0 Å². The zero-order valence-electron chi connectivity index (χ0n) is 15.2. The van der Waals surface area contributed by atoms with Crippen LogP contribution in [0.5, 0.6) is 0 Å². The van der Waals surface area contributed by atoms with Crippen molar-refractivity contribution in [2.45, 2.75) is 69.0 Å². The van der Waals surface area contributed by atoms with Crippen molar-refractivity contribution in [2.24, 2.45) is 0 Å². The number of carbonyl (C=O) groups excluding carboxylic acids is 3. The van der Waals surface area contributed by atoms with Crippen molar-refractivity contribution in [3.63, 3.8) is 0 Å². The molecule has 0 aromatic rings. The molecule has 0 N–H and O–H groups in total. The monoisotopic (exact) mass is 370 g/mol. The zero-order chi connectivity index (χ0) is 18.4. The molecule has 7 nitrogen and oxygen atoms in total. The fraction of sp³-hybridized carbons (Fsp3) is 0.824. The number of ether oxygens (including phenoxy) is 2. The molecule has 0 unspecified atom stereocenters. The highest BCUT2D eigenvalue weighted by molar-refractivity contribution is 8.00. The number of methoxy groups -OCH3 is 1. The summed E-state index contributed by atoms with van der Waals surface area (Å²) >= 11 is 1.59. The van der Waals surface area contributed by atoms with Crippen molar-refractivity contribution in [3.05, 3.63) is 0 Å². The third-order valence-electron chi connectivity index (χ3n) is 5.06. The topological polar surface area (TPSA) is 76.1 Å². The van der Waals surface area contributed by atoms with Crippen LogP contribution in [-0.4, -0.2) is 69.7 Å². The number of carbonyl (C=O) groups is 3. The van der Waals surface area contributed by atoms with Crippen LogP contribution in [0.4, 0.5) is 4.79 Å². The summed E-state index contributed by atoms with van der Waals surface area (Å²) in [4.78, 5) is 41.4. The van der Waals surface area contributed by atoms with Crippen molar-refractivity contribution in [2.75, 3.05) is 19.4 Å². The van der Waals surface area contributed by atoms with Gasteiger partial charge in [0.25, 0.3) is 0 Å². The molecule has 3 rings (SSSR count). The molecule has 1 spiro atoms. The molecule has 0 aromatic carbocycles. The number of likely N-dealkylation sites (tertiary alicyclic amines) is 1. The van der Waals surface area contributed by atoms with Crippen LogP contribution in [0.1, 0.15) is 46.5 Å². The highest BCUT2D eigenvalue weighted by atomic mass is 32.2. The molecule has 3 aliphatic heterocycles. The average molecular weight is 370 g/mol. The summed E-state index contributed by atoms with van der Waals surface area (Å²) in [6.45, 7) is 5.97. The van der Waals surface area contributed by atoms with Crippen molar-refractivity contribution >= 4 is 29.7 Å². The molecule has 0 aliphatic carbocycles. The fourth-order valence-corrected chi connectivity index (χ4v) is 5.48. The number of hydrogen-bond donors (Lipinski definition) is 0. The Morgan fingerprint density at radius 2 is 2.00 bits per heavy atom. The molecular weight excluding hydrogens is 344 g/mol. The normalized spacial score (nSPS) is 32.1. The standard InChI is InChI=1S/C17H26N2O5S/c1-16(2,3)24-15(22)18-8-6-5-7-17(18)9-12-19(14(17)21)11(10-25-12)13(20)23-4/h11-12H,5-10H2,1-4H3/t11-,12+,17+/m1/s1. The van der Waals surface area contributed by atoms with Gasteiger partial charge in [-0.15, -0.1) is 11.8 Å². The molecule has 3 saturated heterocycles. The molecule has 3 heterocycles. The molecule has 0 saturated carbocycles. The van der Waals surface area contributed by atoms with Gasteiger partial charge in [0.15, 0.2) is 0 Å². The second kappa shape index (κ2) is 6.37. The molecule has 0 aromatic heterocycles. The van der Waals surface area contributed by atoms with Crippen LogP contribution >= 0.6 is 11.8 Å². The number of rotatable bonds is 1.